The molecule has 0 aliphatic rings. The maximum atomic E-state index is 10.6. The van der Waals surface area contributed by atoms with Crippen LogP contribution in [0.3, 0.4) is 0 Å². The smallest absolute Gasteiger partial charge is 0.292 e. The van der Waals surface area contributed by atoms with Gasteiger partial charge in [0.25, 0.3) is 5.69 Å². The molecule has 0 saturated heterocycles. The van der Waals surface area contributed by atoms with Gasteiger partial charge in [0.2, 0.25) is 0 Å². The van der Waals surface area contributed by atoms with Crippen LogP contribution in [0.1, 0.15) is 33.1 Å². The fourth-order valence-electron chi connectivity index (χ4n) is 1.74. The molecule has 0 aromatic heterocycles. The molecule has 0 spiro atoms. The maximum Gasteiger partial charge on any atom is 0.292 e. The molecular formula is C13H21N3O2. The van der Waals surface area contributed by atoms with E-state index >= 15 is 0 Å². The number of hydrogen-bond donors (Lipinski definition) is 2. The lowest BCUT2D eigenvalue weighted by molar-refractivity contribution is -0.383. The van der Waals surface area contributed by atoms with Crippen LogP contribution >= 0.6 is 0 Å². The number of nitrogens with zero attached hydrogens (tertiary/aromatic N) is 1. The number of unbranched alkanes of at least 4 members (excludes halogenated alkanes) is 1. The van der Waals surface area contributed by atoms with E-state index in [0.717, 1.165) is 24.6 Å². The Hall–Kier alpha value is -1.78. The number of nitro groups is 1. The van der Waals surface area contributed by atoms with Crippen molar-refractivity contribution in [3.63, 3.8) is 0 Å². The average Bonchev–Trinajstić information content (AvgIpc) is 2.27. The molecule has 0 saturated carbocycles. The third-order valence-corrected chi connectivity index (χ3v) is 2.76. The minimum atomic E-state index is -0.470. The van der Waals surface area contributed by atoms with E-state index in [0.29, 0.717) is 0 Å². The Kier molecular flexibility index (Phi) is 5.42. The Labute approximate surface area is 108 Å². The van der Waals surface area contributed by atoms with Gasteiger partial charge in [-0.25, -0.2) is 0 Å². The zero-order chi connectivity index (χ0) is 13.5. The van der Waals surface area contributed by atoms with E-state index in [2.05, 4.69) is 19.2 Å². The first-order valence-electron chi connectivity index (χ1n) is 6.28. The van der Waals surface area contributed by atoms with Gasteiger partial charge in [-0.05, 0) is 24.5 Å². The summed E-state index contributed by atoms with van der Waals surface area (Å²) in [4.78, 5) is 10.1. The number of nitro benzene ring substituents is 1. The monoisotopic (exact) mass is 251 g/mol. The number of nitrogens with one attached hydrogen (secondary N) is 1. The Morgan fingerprint density at radius 1 is 1.39 bits per heavy atom. The highest BCUT2D eigenvalue weighted by Gasteiger charge is 2.10. The van der Waals surface area contributed by atoms with Crippen LogP contribution in [0.5, 0.6) is 0 Å². The highest BCUT2D eigenvalue weighted by atomic mass is 16.6. The van der Waals surface area contributed by atoms with E-state index in [1.54, 1.807) is 12.1 Å². The minimum Gasteiger partial charge on any atom is -0.393 e. The van der Waals surface area contributed by atoms with Crippen LogP contribution in [0.15, 0.2) is 18.2 Å². The summed E-state index contributed by atoms with van der Waals surface area (Å²) in [6.45, 7) is 5.29. The Balaban J connectivity index is 2.39. The summed E-state index contributed by atoms with van der Waals surface area (Å²) in [5.74, 6) is 0.736. The molecule has 0 atom stereocenters. The van der Waals surface area contributed by atoms with Crippen LogP contribution in [-0.4, -0.2) is 11.5 Å². The highest BCUT2D eigenvalue weighted by molar-refractivity contribution is 5.65. The summed E-state index contributed by atoms with van der Waals surface area (Å²) >= 11 is 0. The number of nitrogen functional groups attached to an aromatic ring is 1. The number of nitrogens with two attached hydrogens (primary N) is 1. The van der Waals surface area contributed by atoms with Gasteiger partial charge in [-0.2, -0.15) is 0 Å². The van der Waals surface area contributed by atoms with Crippen molar-refractivity contribution in [1.29, 1.82) is 0 Å². The number of anilines is 2. The predicted octanol–water partition coefficient (Wildman–Crippen LogP) is 3.42. The number of hydrogen-bond acceptors (Lipinski definition) is 4. The molecule has 0 aliphatic heterocycles. The first-order chi connectivity index (χ1) is 8.50. The molecule has 1 aromatic rings. The molecule has 5 nitrogen and oxygen atoms in total. The summed E-state index contributed by atoms with van der Waals surface area (Å²) in [6.07, 6.45) is 3.51. The van der Waals surface area contributed by atoms with Crippen molar-refractivity contribution < 1.29 is 4.92 Å². The SMILES string of the molecule is CC(C)CCCCNc1ccc([N+](=O)[O-])c(N)c1. The van der Waals surface area contributed by atoms with Crippen LogP contribution in [0.4, 0.5) is 17.1 Å². The molecule has 3 N–H and O–H groups in total. The molecule has 5 heteroatoms. The average molecular weight is 251 g/mol. The molecule has 1 aromatic carbocycles. The van der Waals surface area contributed by atoms with Crippen molar-refractivity contribution in [1.82, 2.24) is 0 Å². The molecule has 0 fully saturated rings. The van der Waals surface area contributed by atoms with E-state index < -0.39 is 4.92 Å². The molecule has 18 heavy (non-hydrogen) atoms. The Morgan fingerprint density at radius 2 is 2.11 bits per heavy atom. The highest BCUT2D eigenvalue weighted by Crippen LogP contribution is 2.24. The van der Waals surface area contributed by atoms with Gasteiger partial charge in [0.05, 0.1) is 4.92 Å². The summed E-state index contributed by atoms with van der Waals surface area (Å²) in [5, 5.41) is 13.8. The van der Waals surface area contributed by atoms with Crippen LogP contribution < -0.4 is 11.1 Å². The lowest BCUT2D eigenvalue weighted by Crippen LogP contribution is -2.03. The van der Waals surface area contributed by atoms with Gasteiger partial charge in [-0.1, -0.05) is 26.7 Å². The van der Waals surface area contributed by atoms with E-state index in [1.807, 2.05) is 0 Å². The topological polar surface area (TPSA) is 81.2 Å². The lowest BCUT2D eigenvalue weighted by atomic mass is 10.1. The lowest BCUT2D eigenvalue weighted by Gasteiger charge is -2.08. The summed E-state index contributed by atoms with van der Waals surface area (Å²) in [7, 11) is 0. The van der Waals surface area contributed by atoms with Crippen LogP contribution in [0.2, 0.25) is 0 Å². The van der Waals surface area contributed by atoms with Gasteiger partial charge < -0.3 is 11.1 Å². The fraction of sp³-hybridized carbons (Fsp3) is 0.538. The normalized spacial score (nSPS) is 10.6. The molecule has 0 bridgehead atoms. The van der Waals surface area contributed by atoms with Crippen LogP contribution in [-0.2, 0) is 0 Å². The second kappa shape index (κ2) is 6.83. The Bertz CT molecular complexity index is 405. The third kappa shape index (κ3) is 4.61. The predicted molar refractivity (Wildman–Crippen MR) is 74.7 cm³/mol. The zero-order valence-corrected chi connectivity index (χ0v) is 11.0. The molecule has 0 unspecified atom stereocenters. The summed E-state index contributed by atoms with van der Waals surface area (Å²) in [5.41, 5.74) is 6.61. The van der Waals surface area contributed by atoms with Gasteiger partial charge in [0, 0.05) is 18.3 Å². The van der Waals surface area contributed by atoms with Gasteiger partial charge in [0.1, 0.15) is 5.69 Å². The first kappa shape index (κ1) is 14.3. The molecule has 100 valence electrons. The van der Waals surface area contributed by atoms with E-state index in [4.69, 9.17) is 5.73 Å². The number of rotatable bonds is 7. The van der Waals surface area contributed by atoms with Gasteiger partial charge in [0.15, 0.2) is 0 Å². The molecule has 0 heterocycles. The van der Waals surface area contributed by atoms with E-state index in [9.17, 15) is 10.1 Å². The summed E-state index contributed by atoms with van der Waals surface area (Å²) < 4.78 is 0. The molecule has 0 radical (unpaired) electrons. The molecule has 1 rings (SSSR count). The second-order valence-electron chi connectivity index (χ2n) is 4.85. The van der Waals surface area contributed by atoms with Gasteiger partial charge in [-0.3, -0.25) is 10.1 Å². The van der Waals surface area contributed by atoms with E-state index in [1.165, 1.54) is 18.9 Å². The van der Waals surface area contributed by atoms with Gasteiger partial charge >= 0.3 is 0 Å². The van der Waals surface area contributed by atoms with Crippen LogP contribution in [0, 0.1) is 16.0 Å². The third-order valence-electron chi connectivity index (χ3n) is 2.76. The molecular weight excluding hydrogens is 230 g/mol. The summed E-state index contributed by atoms with van der Waals surface area (Å²) in [6, 6.07) is 4.74. The van der Waals surface area contributed by atoms with Crippen molar-refractivity contribution >= 4 is 17.1 Å². The zero-order valence-electron chi connectivity index (χ0n) is 11.0. The quantitative estimate of drug-likeness (QED) is 0.337. The Morgan fingerprint density at radius 3 is 2.67 bits per heavy atom. The van der Waals surface area contributed by atoms with E-state index in [-0.39, 0.29) is 11.4 Å². The van der Waals surface area contributed by atoms with Crippen molar-refractivity contribution in [2.75, 3.05) is 17.6 Å². The second-order valence-corrected chi connectivity index (χ2v) is 4.85. The largest absolute Gasteiger partial charge is 0.393 e. The maximum absolute atomic E-state index is 10.6. The van der Waals surface area contributed by atoms with Crippen molar-refractivity contribution in [3.8, 4) is 0 Å². The standard InChI is InChI=1S/C13H21N3O2/c1-10(2)5-3-4-8-15-11-6-7-13(16(17)18)12(14)9-11/h6-7,9-10,15H,3-5,8,14H2,1-2H3. The molecule has 0 aliphatic carbocycles. The van der Waals surface area contributed by atoms with Crippen molar-refractivity contribution in [3.05, 3.63) is 28.3 Å². The fourth-order valence-corrected chi connectivity index (χ4v) is 1.74. The van der Waals surface area contributed by atoms with Gasteiger partial charge in [-0.15, -0.1) is 0 Å². The minimum absolute atomic E-state index is 0.0413. The number of benzene rings is 1. The van der Waals surface area contributed by atoms with Crippen LogP contribution in [0.25, 0.3) is 0 Å². The molecule has 0 amide bonds. The van der Waals surface area contributed by atoms with Crippen molar-refractivity contribution in [2.45, 2.75) is 33.1 Å². The van der Waals surface area contributed by atoms with Crippen molar-refractivity contribution in [2.24, 2.45) is 5.92 Å². The first-order valence-corrected chi connectivity index (χ1v) is 6.28.